The van der Waals surface area contributed by atoms with Gasteiger partial charge in [-0.15, -0.1) is 0 Å². The molecule has 0 aliphatic carbocycles. The van der Waals surface area contributed by atoms with Crippen molar-refractivity contribution in [2.45, 2.75) is 32.9 Å². The van der Waals surface area contributed by atoms with Gasteiger partial charge in [0, 0.05) is 18.3 Å². The molecule has 0 saturated heterocycles. The van der Waals surface area contributed by atoms with Gasteiger partial charge >= 0.3 is 0 Å². The molecule has 0 saturated carbocycles. The maximum absolute atomic E-state index is 5.95. The minimum absolute atomic E-state index is 0.0809. The summed E-state index contributed by atoms with van der Waals surface area (Å²) in [5.41, 5.74) is 9.04. The topological polar surface area (TPSA) is 57.4 Å². The Morgan fingerprint density at radius 1 is 1.29 bits per heavy atom. The van der Waals surface area contributed by atoms with E-state index in [0.717, 1.165) is 34.7 Å². The second-order valence-corrected chi connectivity index (χ2v) is 5.21. The zero-order chi connectivity index (χ0) is 15.2. The summed E-state index contributed by atoms with van der Waals surface area (Å²) in [6.45, 7) is 4.45. The van der Waals surface area contributed by atoms with Gasteiger partial charge in [0.1, 0.15) is 18.1 Å². The zero-order valence-electron chi connectivity index (χ0n) is 12.8. The van der Waals surface area contributed by atoms with Gasteiger partial charge < -0.3 is 15.2 Å². The first-order valence-corrected chi connectivity index (χ1v) is 7.06. The fourth-order valence-electron chi connectivity index (χ4n) is 2.13. The van der Waals surface area contributed by atoms with E-state index in [-0.39, 0.29) is 6.04 Å². The van der Waals surface area contributed by atoms with Crippen molar-refractivity contribution in [1.82, 2.24) is 4.98 Å². The fraction of sp³-hybridized carbons (Fsp3) is 0.353. The van der Waals surface area contributed by atoms with Crippen LogP contribution in [-0.2, 0) is 13.0 Å². The predicted octanol–water partition coefficient (Wildman–Crippen LogP) is 2.87. The lowest BCUT2D eigenvalue weighted by molar-refractivity contribution is 0.294. The molecule has 0 aliphatic heterocycles. The maximum atomic E-state index is 5.95. The highest BCUT2D eigenvalue weighted by molar-refractivity contribution is 5.41. The Kier molecular flexibility index (Phi) is 5.17. The summed E-state index contributed by atoms with van der Waals surface area (Å²) in [6.07, 6.45) is 2.54. The maximum Gasteiger partial charge on any atom is 0.130 e. The second-order valence-electron chi connectivity index (χ2n) is 5.21. The summed E-state index contributed by atoms with van der Waals surface area (Å²) in [5, 5.41) is 0. The Balaban J connectivity index is 2.18. The molecule has 1 aromatic carbocycles. The number of ether oxygens (including phenoxy) is 2. The van der Waals surface area contributed by atoms with E-state index < -0.39 is 0 Å². The lowest BCUT2D eigenvalue weighted by atomic mass is 10.1. The molecule has 1 unspecified atom stereocenters. The summed E-state index contributed by atoms with van der Waals surface area (Å²) >= 11 is 0. The molecule has 2 aromatic rings. The van der Waals surface area contributed by atoms with Gasteiger partial charge in [0.2, 0.25) is 0 Å². The van der Waals surface area contributed by atoms with Gasteiger partial charge in [0.05, 0.1) is 12.8 Å². The molecule has 0 radical (unpaired) electrons. The lowest BCUT2D eigenvalue weighted by Gasteiger charge is -2.15. The van der Waals surface area contributed by atoms with Crippen LogP contribution in [0.25, 0.3) is 0 Å². The quantitative estimate of drug-likeness (QED) is 0.887. The van der Waals surface area contributed by atoms with Crippen molar-refractivity contribution >= 4 is 0 Å². The summed E-state index contributed by atoms with van der Waals surface area (Å²) in [5.74, 6) is 1.58. The van der Waals surface area contributed by atoms with Crippen LogP contribution in [-0.4, -0.2) is 18.1 Å². The number of rotatable bonds is 6. The van der Waals surface area contributed by atoms with E-state index >= 15 is 0 Å². The van der Waals surface area contributed by atoms with Gasteiger partial charge in [-0.25, -0.2) is 0 Å². The van der Waals surface area contributed by atoms with Crippen molar-refractivity contribution in [1.29, 1.82) is 0 Å². The molecule has 0 spiro atoms. The van der Waals surface area contributed by atoms with E-state index in [1.54, 1.807) is 13.3 Å². The average molecular weight is 286 g/mol. The summed E-state index contributed by atoms with van der Waals surface area (Å²) < 4.78 is 11.2. The smallest absolute Gasteiger partial charge is 0.130 e. The molecule has 0 bridgehead atoms. The predicted molar refractivity (Wildman–Crippen MR) is 83.7 cm³/mol. The molecule has 0 aliphatic rings. The van der Waals surface area contributed by atoms with E-state index in [9.17, 15) is 0 Å². The van der Waals surface area contributed by atoms with E-state index in [4.69, 9.17) is 15.2 Å². The zero-order valence-corrected chi connectivity index (χ0v) is 12.8. The van der Waals surface area contributed by atoms with Gasteiger partial charge in [0.25, 0.3) is 0 Å². The Hall–Kier alpha value is -2.07. The minimum atomic E-state index is 0.0809. The number of nitrogens with two attached hydrogens (primary N) is 1. The first-order chi connectivity index (χ1) is 10.1. The van der Waals surface area contributed by atoms with Crippen LogP contribution in [0.5, 0.6) is 11.5 Å². The molecule has 1 atom stereocenters. The van der Waals surface area contributed by atoms with Crippen molar-refractivity contribution in [3.05, 3.63) is 53.3 Å². The molecule has 4 nitrogen and oxygen atoms in total. The average Bonchev–Trinajstić information content (AvgIpc) is 2.47. The molecule has 1 aromatic heterocycles. The SMILES string of the molecule is COc1ccc(CC(C)N)c(OCc2ncccc2C)c1. The van der Waals surface area contributed by atoms with Gasteiger partial charge in [0.15, 0.2) is 0 Å². The van der Waals surface area contributed by atoms with Crippen LogP contribution in [0.1, 0.15) is 23.7 Å². The van der Waals surface area contributed by atoms with Gasteiger partial charge in [-0.2, -0.15) is 0 Å². The summed E-state index contributed by atoms with van der Waals surface area (Å²) in [4.78, 5) is 4.35. The normalized spacial score (nSPS) is 12.0. The molecule has 0 amide bonds. The molecule has 2 N–H and O–H groups in total. The Labute approximate surface area is 125 Å². The summed E-state index contributed by atoms with van der Waals surface area (Å²) in [6, 6.07) is 9.86. The standard InChI is InChI=1S/C17H22N2O2/c1-12-5-4-8-19-16(12)11-21-17-10-15(20-3)7-6-14(17)9-13(2)18/h4-8,10,13H,9,11,18H2,1-3H3. The van der Waals surface area contributed by atoms with Crippen molar-refractivity contribution in [2.24, 2.45) is 5.73 Å². The van der Waals surface area contributed by atoms with Crippen LogP contribution in [0.15, 0.2) is 36.5 Å². The first kappa shape index (κ1) is 15.3. The molecule has 1 heterocycles. The van der Waals surface area contributed by atoms with E-state index in [2.05, 4.69) is 4.98 Å². The Bertz CT molecular complexity index is 597. The van der Waals surface area contributed by atoms with E-state index in [1.165, 1.54) is 0 Å². The van der Waals surface area contributed by atoms with Crippen LogP contribution in [0.2, 0.25) is 0 Å². The highest BCUT2D eigenvalue weighted by atomic mass is 16.5. The van der Waals surface area contributed by atoms with Crippen LogP contribution >= 0.6 is 0 Å². The van der Waals surface area contributed by atoms with Crippen LogP contribution in [0.3, 0.4) is 0 Å². The first-order valence-electron chi connectivity index (χ1n) is 7.06. The molecule has 2 rings (SSSR count). The lowest BCUT2D eigenvalue weighted by Crippen LogP contribution is -2.18. The monoisotopic (exact) mass is 286 g/mol. The number of hydrogen-bond acceptors (Lipinski definition) is 4. The third kappa shape index (κ3) is 4.20. The van der Waals surface area contributed by atoms with Crippen molar-refractivity contribution < 1.29 is 9.47 Å². The molecule has 4 heteroatoms. The Morgan fingerprint density at radius 3 is 2.76 bits per heavy atom. The van der Waals surface area contributed by atoms with Crippen molar-refractivity contribution in [3.63, 3.8) is 0 Å². The molecular weight excluding hydrogens is 264 g/mol. The number of methoxy groups -OCH3 is 1. The number of pyridine rings is 1. The van der Waals surface area contributed by atoms with E-state index in [1.807, 2.05) is 44.2 Å². The number of aromatic nitrogens is 1. The van der Waals surface area contributed by atoms with Crippen LogP contribution < -0.4 is 15.2 Å². The van der Waals surface area contributed by atoms with Gasteiger partial charge in [-0.3, -0.25) is 4.98 Å². The highest BCUT2D eigenvalue weighted by Crippen LogP contribution is 2.26. The third-order valence-electron chi connectivity index (χ3n) is 3.30. The number of benzene rings is 1. The number of nitrogens with zero attached hydrogens (tertiary/aromatic N) is 1. The van der Waals surface area contributed by atoms with Crippen molar-refractivity contribution in [3.8, 4) is 11.5 Å². The number of hydrogen-bond donors (Lipinski definition) is 1. The molecule has 112 valence electrons. The largest absolute Gasteiger partial charge is 0.497 e. The fourth-order valence-corrected chi connectivity index (χ4v) is 2.13. The highest BCUT2D eigenvalue weighted by Gasteiger charge is 2.09. The second kappa shape index (κ2) is 7.09. The van der Waals surface area contributed by atoms with Crippen LogP contribution in [0.4, 0.5) is 0 Å². The van der Waals surface area contributed by atoms with Gasteiger partial charge in [-0.05, 0) is 43.5 Å². The minimum Gasteiger partial charge on any atom is -0.497 e. The third-order valence-corrected chi connectivity index (χ3v) is 3.30. The van der Waals surface area contributed by atoms with Crippen molar-refractivity contribution in [2.75, 3.05) is 7.11 Å². The molecule has 0 fully saturated rings. The molecule has 21 heavy (non-hydrogen) atoms. The van der Waals surface area contributed by atoms with Gasteiger partial charge in [-0.1, -0.05) is 12.1 Å². The van der Waals surface area contributed by atoms with Crippen LogP contribution in [0, 0.1) is 6.92 Å². The summed E-state index contributed by atoms with van der Waals surface area (Å²) in [7, 11) is 1.65. The Morgan fingerprint density at radius 2 is 2.10 bits per heavy atom. The molecular formula is C17H22N2O2. The van der Waals surface area contributed by atoms with E-state index in [0.29, 0.717) is 6.61 Å². The number of aryl methyl sites for hydroxylation is 1.